The second kappa shape index (κ2) is 5.53. The van der Waals surface area contributed by atoms with Crippen LogP contribution in [0.25, 0.3) is 11.2 Å². The second-order valence-corrected chi connectivity index (χ2v) is 10.5. The van der Waals surface area contributed by atoms with Crippen molar-refractivity contribution in [2.75, 3.05) is 11.5 Å². The smallest absolute Gasteiger partial charge is 0.384 e. The van der Waals surface area contributed by atoms with Crippen LogP contribution in [0.3, 0.4) is 0 Å². The van der Waals surface area contributed by atoms with Gasteiger partial charge in [0.25, 0.3) is 0 Å². The van der Waals surface area contributed by atoms with Crippen molar-refractivity contribution in [2.24, 2.45) is 11.3 Å². The summed E-state index contributed by atoms with van der Waals surface area (Å²) >= 11 is 6.34. The van der Waals surface area contributed by atoms with Crippen molar-refractivity contribution in [3.63, 3.8) is 0 Å². The zero-order valence-electron chi connectivity index (χ0n) is 12.6. The number of aliphatic hydroxyl groups is 2. The van der Waals surface area contributed by atoms with Crippen LogP contribution >= 0.6 is 29.8 Å². The molecular weight excluding hydrogens is 393 g/mol. The maximum absolute atomic E-state index is 11.1. The first-order valence-electron chi connectivity index (χ1n) is 7.36. The standard InChI is InChI=1S/C12H15ClN5O5PS/c13-11-16-9(14)5-10(17-11)18(3-15-5)6-4-1-12(4,8(20)7(6)19)2-25-24(21,22)23/h3-4,6-8,19-20H,1-2H2,(H2,14,16,17)(H2,21,22,23)/t4-,6-,7+,8+,12+/m1/s1. The van der Waals surface area contributed by atoms with E-state index < -0.39 is 30.5 Å². The summed E-state index contributed by atoms with van der Waals surface area (Å²) in [6, 6.07) is -0.539. The third-order valence-corrected chi connectivity index (χ3v) is 7.67. The van der Waals surface area contributed by atoms with Crippen LogP contribution in [0.4, 0.5) is 5.82 Å². The number of nitrogens with two attached hydrogens (primary N) is 1. The highest BCUT2D eigenvalue weighted by Gasteiger charge is 2.71. The zero-order chi connectivity index (χ0) is 18.1. The Morgan fingerprint density at radius 2 is 2.16 bits per heavy atom. The van der Waals surface area contributed by atoms with Gasteiger partial charge < -0.3 is 30.3 Å². The summed E-state index contributed by atoms with van der Waals surface area (Å²) in [5, 5.41) is 20.9. The van der Waals surface area contributed by atoms with Crippen LogP contribution in [0.15, 0.2) is 6.33 Å². The minimum absolute atomic E-state index is 0.0566. The topological polar surface area (TPSA) is 168 Å². The van der Waals surface area contributed by atoms with Gasteiger partial charge in [0.1, 0.15) is 11.6 Å². The normalized spacial score (nSPS) is 34.4. The Balaban J connectivity index is 1.70. The Bertz CT molecular complexity index is 907. The average molecular weight is 408 g/mol. The van der Waals surface area contributed by atoms with Gasteiger partial charge in [0.2, 0.25) is 5.28 Å². The van der Waals surface area contributed by atoms with Crippen molar-refractivity contribution >= 4 is 46.8 Å². The molecule has 13 heteroatoms. The highest BCUT2D eigenvalue weighted by molar-refractivity contribution is 8.54. The summed E-state index contributed by atoms with van der Waals surface area (Å²) in [4.78, 5) is 30.3. The lowest BCUT2D eigenvalue weighted by atomic mass is 10.0. The minimum atomic E-state index is -4.26. The van der Waals surface area contributed by atoms with E-state index in [1.807, 2.05) is 0 Å². The molecule has 0 radical (unpaired) electrons. The number of nitrogens with zero attached hydrogens (tertiary/aromatic N) is 4. The number of fused-ring (bicyclic) bond motifs is 2. The summed E-state index contributed by atoms with van der Waals surface area (Å²) in [6.07, 6.45) is -0.231. The molecule has 2 saturated carbocycles. The number of nitrogen functional groups attached to an aromatic ring is 1. The van der Waals surface area contributed by atoms with E-state index >= 15 is 0 Å². The van der Waals surface area contributed by atoms with Crippen LogP contribution in [0.1, 0.15) is 12.5 Å². The Labute approximate surface area is 150 Å². The van der Waals surface area contributed by atoms with Gasteiger partial charge in [-0.25, -0.2) is 9.55 Å². The molecule has 0 bridgehead atoms. The Morgan fingerprint density at radius 1 is 1.44 bits per heavy atom. The maximum atomic E-state index is 11.1. The van der Waals surface area contributed by atoms with E-state index in [-0.39, 0.29) is 22.8 Å². The molecule has 2 aliphatic rings. The molecule has 2 aromatic heterocycles. The monoisotopic (exact) mass is 407 g/mol. The highest BCUT2D eigenvalue weighted by Crippen LogP contribution is 2.71. The number of rotatable bonds is 4. The fourth-order valence-electron chi connectivity index (χ4n) is 3.86. The fourth-order valence-corrected chi connectivity index (χ4v) is 6.17. The molecular formula is C12H15ClN5O5PS. The largest absolute Gasteiger partial charge is 0.390 e. The second-order valence-electron chi connectivity index (χ2n) is 6.44. The lowest BCUT2D eigenvalue weighted by molar-refractivity contribution is -0.0126. The molecule has 0 aliphatic heterocycles. The van der Waals surface area contributed by atoms with Gasteiger partial charge in [-0.05, 0) is 35.3 Å². The van der Waals surface area contributed by atoms with Crippen molar-refractivity contribution < 1.29 is 24.6 Å². The number of imidazole rings is 1. The lowest BCUT2D eigenvalue weighted by Crippen LogP contribution is -2.35. The van der Waals surface area contributed by atoms with Crippen molar-refractivity contribution in [3.05, 3.63) is 11.6 Å². The number of anilines is 1. The van der Waals surface area contributed by atoms with Crippen molar-refractivity contribution in [1.29, 1.82) is 0 Å². The van der Waals surface area contributed by atoms with Gasteiger partial charge in [0.05, 0.1) is 18.5 Å². The summed E-state index contributed by atoms with van der Waals surface area (Å²) < 4.78 is 12.8. The third-order valence-electron chi connectivity index (χ3n) is 5.10. The molecule has 2 aliphatic carbocycles. The third kappa shape index (κ3) is 2.66. The SMILES string of the molecule is Nc1nc(Cl)nc2c1ncn2[C@H]1[C@H](O)[C@H](O)[C@]2(CSP(=O)(O)O)C[C@H]12. The van der Waals surface area contributed by atoms with Crippen LogP contribution in [-0.4, -0.2) is 57.5 Å². The summed E-state index contributed by atoms with van der Waals surface area (Å²) in [7, 11) is 0. The van der Waals surface area contributed by atoms with Crippen molar-refractivity contribution in [2.45, 2.75) is 24.7 Å². The van der Waals surface area contributed by atoms with Gasteiger partial charge in [-0.1, -0.05) is 0 Å². The molecule has 2 fully saturated rings. The molecule has 136 valence electrons. The molecule has 0 aromatic carbocycles. The summed E-state index contributed by atoms with van der Waals surface area (Å²) in [6.45, 7) is -4.26. The number of aromatic nitrogens is 4. The van der Waals surface area contributed by atoms with E-state index in [0.29, 0.717) is 29.0 Å². The molecule has 4 rings (SSSR count). The van der Waals surface area contributed by atoms with Gasteiger partial charge >= 0.3 is 6.80 Å². The molecule has 0 unspecified atom stereocenters. The number of halogens is 1. The molecule has 0 amide bonds. The van der Waals surface area contributed by atoms with E-state index in [2.05, 4.69) is 15.0 Å². The van der Waals surface area contributed by atoms with Gasteiger partial charge in [-0.15, -0.1) is 0 Å². The maximum Gasteiger partial charge on any atom is 0.384 e. The van der Waals surface area contributed by atoms with Crippen LogP contribution in [0, 0.1) is 11.3 Å². The predicted molar refractivity (Wildman–Crippen MR) is 90.8 cm³/mol. The van der Waals surface area contributed by atoms with E-state index in [1.54, 1.807) is 4.57 Å². The molecule has 10 nitrogen and oxygen atoms in total. The number of hydrogen-bond donors (Lipinski definition) is 5. The molecule has 25 heavy (non-hydrogen) atoms. The fraction of sp³-hybridized carbons (Fsp3) is 0.583. The van der Waals surface area contributed by atoms with Crippen molar-refractivity contribution in [1.82, 2.24) is 19.5 Å². The summed E-state index contributed by atoms with van der Waals surface area (Å²) in [5.74, 6) is 0.00563. The van der Waals surface area contributed by atoms with E-state index in [1.165, 1.54) is 6.33 Å². The average Bonchev–Trinajstić information content (AvgIpc) is 3.01. The molecule has 0 spiro atoms. The van der Waals surface area contributed by atoms with E-state index in [9.17, 15) is 14.8 Å². The van der Waals surface area contributed by atoms with Gasteiger partial charge in [-0.2, -0.15) is 9.97 Å². The molecule has 0 saturated heterocycles. The quantitative estimate of drug-likeness (QED) is 0.348. The molecule has 2 aromatic rings. The number of aliphatic hydroxyl groups excluding tert-OH is 2. The first-order valence-corrected chi connectivity index (χ1v) is 10.9. The lowest BCUT2D eigenvalue weighted by Gasteiger charge is -2.24. The Hall–Kier alpha value is -0.940. The Kier molecular flexibility index (Phi) is 3.86. The minimum Gasteiger partial charge on any atom is -0.390 e. The Morgan fingerprint density at radius 3 is 2.84 bits per heavy atom. The first kappa shape index (κ1) is 17.5. The van der Waals surface area contributed by atoms with Crippen LogP contribution in [0.2, 0.25) is 5.28 Å². The van der Waals surface area contributed by atoms with Gasteiger partial charge in [0, 0.05) is 11.2 Å². The van der Waals surface area contributed by atoms with Crippen LogP contribution in [-0.2, 0) is 4.57 Å². The number of hydrogen-bond acceptors (Lipinski definition) is 8. The van der Waals surface area contributed by atoms with E-state index in [4.69, 9.17) is 27.1 Å². The van der Waals surface area contributed by atoms with Crippen molar-refractivity contribution in [3.8, 4) is 0 Å². The zero-order valence-corrected chi connectivity index (χ0v) is 15.1. The van der Waals surface area contributed by atoms with E-state index in [0.717, 1.165) is 0 Å². The van der Waals surface area contributed by atoms with Gasteiger partial charge in [-0.3, -0.25) is 0 Å². The van der Waals surface area contributed by atoms with Crippen LogP contribution in [0.5, 0.6) is 0 Å². The van der Waals surface area contributed by atoms with Gasteiger partial charge in [0.15, 0.2) is 11.5 Å². The predicted octanol–water partition coefficient (Wildman–Crippen LogP) is 0.171. The molecule has 5 atom stereocenters. The summed E-state index contributed by atoms with van der Waals surface area (Å²) in [5.41, 5.74) is 5.73. The first-order chi connectivity index (χ1) is 11.6. The van der Waals surface area contributed by atoms with Crippen LogP contribution < -0.4 is 5.73 Å². The highest BCUT2D eigenvalue weighted by atomic mass is 35.5. The molecule has 2 heterocycles. The molecule has 6 N–H and O–H groups in total.